The number of allylic oxidation sites excluding steroid dienone is 1. The smallest absolute Gasteiger partial charge is 0.342 e. The lowest BCUT2D eigenvalue weighted by atomic mass is 10.1. The monoisotopic (exact) mass is 530 g/mol. The molecule has 0 amide bonds. The third-order valence-corrected chi connectivity index (χ3v) is 5.76. The van der Waals surface area contributed by atoms with Crippen LogP contribution in [0.1, 0.15) is 65.0 Å². The van der Waals surface area contributed by atoms with Crippen LogP contribution in [0.25, 0.3) is 0 Å². The van der Waals surface area contributed by atoms with E-state index in [0.717, 1.165) is 24.0 Å². The Morgan fingerprint density at radius 2 is 1.51 bits per heavy atom. The number of esters is 2. The first kappa shape index (κ1) is 29.2. The van der Waals surface area contributed by atoms with Gasteiger partial charge in [0.1, 0.15) is 36.9 Å². The highest BCUT2D eigenvalue weighted by Gasteiger charge is 2.23. The molecule has 0 aromatic heterocycles. The molecule has 1 atom stereocenters. The summed E-state index contributed by atoms with van der Waals surface area (Å²) in [5.74, 6) is -0.322. The second-order valence-electron chi connectivity index (χ2n) is 8.97. The van der Waals surface area contributed by atoms with Gasteiger partial charge in [0.05, 0.1) is 6.10 Å². The van der Waals surface area contributed by atoms with Gasteiger partial charge in [-0.1, -0.05) is 72.8 Å². The molecule has 0 fully saturated rings. The van der Waals surface area contributed by atoms with Gasteiger partial charge in [0, 0.05) is 18.6 Å². The first-order valence-corrected chi connectivity index (χ1v) is 12.9. The van der Waals surface area contributed by atoms with Crippen molar-refractivity contribution in [1.82, 2.24) is 0 Å². The Balaban J connectivity index is 1.71. The van der Waals surface area contributed by atoms with Crippen molar-refractivity contribution in [3.8, 4) is 11.5 Å². The molecule has 0 aliphatic heterocycles. The number of ether oxygens (including phenoxy) is 4. The van der Waals surface area contributed by atoms with Crippen LogP contribution in [0.15, 0.2) is 84.9 Å². The average Bonchev–Trinajstić information content (AvgIpc) is 2.95. The number of rotatable bonds is 15. The van der Waals surface area contributed by atoms with Crippen LogP contribution in [0.2, 0.25) is 0 Å². The summed E-state index contributed by atoms with van der Waals surface area (Å²) in [7, 11) is 0. The highest BCUT2D eigenvalue weighted by molar-refractivity contribution is 6.01. The Hall–Kier alpha value is -4.39. The lowest BCUT2D eigenvalue weighted by molar-refractivity contribution is -0.139. The zero-order valence-electron chi connectivity index (χ0n) is 22.3. The molecule has 0 radical (unpaired) electrons. The molecular weight excluding hydrogens is 496 g/mol. The molecule has 204 valence electrons. The third-order valence-electron chi connectivity index (χ3n) is 5.76. The molecule has 7 nitrogen and oxygen atoms in total. The van der Waals surface area contributed by atoms with Gasteiger partial charge in [-0.15, -0.1) is 0 Å². The van der Waals surface area contributed by atoms with Gasteiger partial charge in [0.25, 0.3) is 0 Å². The first-order chi connectivity index (χ1) is 19.0. The maximum absolute atomic E-state index is 13.2. The van der Waals surface area contributed by atoms with Crippen molar-refractivity contribution in [2.75, 3.05) is 6.61 Å². The van der Waals surface area contributed by atoms with Crippen LogP contribution in [0.4, 0.5) is 0 Å². The number of hydrogen-bond donors (Lipinski definition) is 0. The molecule has 0 aliphatic carbocycles. The number of carbonyl (C=O) groups excluding carboxylic acids is 3. The summed E-state index contributed by atoms with van der Waals surface area (Å²) in [6.45, 7) is 3.92. The standard InChI is InChI=1S/C32H34O7/c1-24(13-7-3-4-12-18-36-25(2)34)39-32(35)31-28(21-33)19-29(37-22-26-14-8-5-9-15-26)20-30(31)38-23-27-16-10-6-11-17-27/h4-6,8-12,14-17,19-21,24H,3,7,13,18,22-23H2,1-2H3/b12-4+. The molecule has 0 aliphatic rings. The van der Waals surface area contributed by atoms with Crippen LogP contribution in [-0.4, -0.2) is 30.9 Å². The fourth-order valence-electron chi connectivity index (χ4n) is 3.77. The molecule has 0 N–H and O–H groups in total. The van der Waals surface area contributed by atoms with Crippen LogP contribution >= 0.6 is 0 Å². The van der Waals surface area contributed by atoms with Crippen molar-refractivity contribution in [2.45, 2.75) is 52.4 Å². The van der Waals surface area contributed by atoms with Crippen LogP contribution in [-0.2, 0) is 27.5 Å². The zero-order valence-corrected chi connectivity index (χ0v) is 22.3. The summed E-state index contributed by atoms with van der Waals surface area (Å²) in [6.07, 6.45) is 6.09. The Morgan fingerprint density at radius 1 is 0.872 bits per heavy atom. The molecule has 0 saturated heterocycles. The minimum Gasteiger partial charge on any atom is -0.489 e. The van der Waals surface area contributed by atoms with E-state index in [1.807, 2.05) is 73.7 Å². The maximum Gasteiger partial charge on any atom is 0.342 e. The zero-order chi connectivity index (χ0) is 27.9. The first-order valence-electron chi connectivity index (χ1n) is 12.9. The quantitative estimate of drug-likeness (QED) is 0.0960. The van der Waals surface area contributed by atoms with Gasteiger partial charge in [0.15, 0.2) is 6.29 Å². The van der Waals surface area contributed by atoms with E-state index in [0.29, 0.717) is 25.1 Å². The maximum atomic E-state index is 13.2. The second-order valence-corrected chi connectivity index (χ2v) is 8.97. The van der Waals surface area contributed by atoms with Crippen molar-refractivity contribution in [3.05, 3.63) is 107 Å². The Kier molecular flexibility index (Phi) is 11.8. The Bertz CT molecular complexity index is 1240. The minimum atomic E-state index is -0.632. The van der Waals surface area contributed by atoms with Crippen molar-refractivity contribution >= 4 is 18.2 Å². The predicted molar refractivity (Wildman–Crippen MR) is 148 cm³/mol. The predicted octanol–water partition coefficient (Wildman–Crippen LogP) is 6.49. The van der Waals surface area contributed by atoms with E-state index in [9.17, 15) is 14.4 Å². The second kappa shape index (κ2) is 15.8. The highest BCUT2D eigenvalue weighted by Crippen LogP contribution is 2.31. The summed E-state index contributed by atoms with van der Waals surface area (Å²) in [6, 6.07) is 22.3. The van der Waals surface area contributed by atoms with Gasteiger partial charge < -0.3 is 18.9 Å². The van der Waals surface area contributed by atoms with E-state index in [1.165, 1.54) is 13.0 Å². The topological polar surface area (TPSA) is 88.1 Å². The van der Waals surface area contributed by atoms with Crippen molar-refractivity contribution in [3.63, 3.8) is 0 Å². The SMILES string of the molecule is CC(=O)OC/C=C/CCCC(C)OC(=O)c1c(C=O)cc(OCc2ccccc2)cc1OCc1ccccc1. The summed E-state index contributed by atoms with van der Waals surface area (Å²) >= 11 is 0. The van der Waals surface area contributed by atoms with Crippen molar-refractivity contribution in [2.24, 2.45) is 0 Å². The van der Waals surface area contributed by atoms with Crippen molar-refractivity contribution in [1.29, 1.82) is 0 Å². The summed E-state index contributed by atoms with van der Waals surface area (Å²) in [4.78, 5) is 36.1. The van der Waals surface area contributed by atoms with E-state index in [1.54, 1.807) is 12.1 Å². The van der Waals surface area contributed by atoms with E-state index in [2.05, 4.69) is 0 Å². The van der Waals surface area contributed by atoms with E-state index >= 15 is 0 Å². The number of carbonyl (C=O) groups is 3. The molecule has 3 aromatic carbocycles. The molecule has 7 heteroatoms. The molecular formula is C32H34O7. The molecule has 3 aromatic rings. The third kappa shape index (κ3) is 10.1. The number of aldehydes is 1. The normalized spacial score (nSPS) is 11.5. The number of hydrogen-bond acceptors (Lipinski definition) is 7. The number of benzene rings is 3. The Labute approximate surface area is 229 Å². The minimum absolute atomic E-state index is 0.0705. The lowest BCUT2D eigenvalue weighted by Gasteiger charge is -2.18. The molecule has 3 rings (SSSR count). The molecule has 0 bridgehead atoms. The summed E-state index contributed by atoms with van der Waals surface area (Å²) in [5, 5.41) is 0. The van der Waals surface area contributed by atoms with Crippen LogP contribution in [0.5, 0.6) is 11.5 Å². The molecule has 0 saturated carbocycles. The largest absolute Gasteiger partial charge is 0.489 e. The van der Waals surface area contributed by atoms with Crippen LogP contribution < -0.4 is 9.47 Å². The van der Waals surface area contributed by atoms with E-state index in [-0.39, 0.29) is 42.2 Å². The van der Waals surface area contributed by atoms with Crippen molar-refractivity contribution < 1.29 is 33.3 Å². The van der Waals surface area contributed by atoms with Crippen LogP contribution in [0, 0.1) is 0 Å². The summed E-state index contributed by atoms with van der Waals surface area (Å²) < 4.78 is 22.5. The van der Waals surface area contributed by atoms with Gasteiger partial charge in [-0.3, -0.25) is 9.59 Å². The fraction of sp³-hybridized carbons (Fsp3) is 0.281. The number of unbranched alkanes of at least 4 members (excludes halogenated alkanes) is 1. The highest BCUT2D eigenvalue weighted by atomic mass is 16.5. The van der Waals surface area contributed by atoms with Gasteiger partial charge in [-0.25, -0.2) is 4.79 Å². The fourth-order valence-corrected chi connectivity index (χ4v) is 3.77. The van der Waals surface area contributed by atoms with E-state index in [4.69, 9.17) is 18.9 Å². The summed E-state index contributed by atoms with van der Waals surface area (Å²) in [5.41, 5.74) is 2.08. The molecule has 39 heavy (non-hydrogen) atoms. The lowest BCUT2D eigenvalue weighted by Crippen LogP contribution is -2.18. The molecule has 0 spiro atoms. The van der Waals surface area contributed by atoms with E-state index < -0.39 is 5.97 Å². The van der Waals surface area contributed by atoms with Gasteiger partial charge >= 0.3 is 11.9 Å². The van der Waals surface area contributed by atoms with Gasteiger partial charge in [-0.2, -0.15) is 0 Å². The molecule has 1 unspecified atom stereocenters. The van der Waals surface area contributed by atoms with Crippen LogP contribution in [0.3, 0.4) is 0 Å². The van der Waals surface area contributed by atoms with Gasteiger partial charge in [0.2, 0.25) is 0 Å². The Morgan fingerprint density at radius 3 is 2.13 bits per heavy atom. The van der Waals surface area contributed by atoms with Gasteiger partial charge in [-0.05, 0) is 43.4 Å². The average molecular weight is 531 g/mol. The molecule has 0 heterocycles.